The van der Waals surface area contributed by atoms with Gasteiger partial charge in [0.1, 0.15) is 19.8 Å². The highest BCUT2D eigenvalue weighted by molar-refractivity contribution is 7.47. The second-order valence-corrected chi connectivity index (χ2v) is 17.0. The molecule has 0 amide bonds. The summed E-state index contributed by atoms with van der Waals surface area (Å²) in [5, 5.41) is 0. The highest BCUT2D eigenvalue weighted by Gasteiger charge is 2.26. The molecule has 0 rings (SSSR count). The van der Waals surface area contributed by atoms with Gasteiger partial charge in [-0.25, -0.2) is 9.36 Å². The van der Waals surface area contributed by atoms with Gasteiger partial charge in [0.15, 0.2) is 6.10 Å². The minimum Gasteiger partial charge on any atom is -0.462 e. The van der Waals surface area contributed by atoms with E-state index in [1.165, 1.54) is 121 Å². The van der Waals surface area contributed by atoms with E-state index < -0.39 is 32.5 Å². The van der Waals surface area contributed by atoms with Gasteiger partial charge in [0.2, 0.25) is 0 Å². The summed E-state index contributed by atoms with van der Waals surface area (Å²) in [5.41, 5.74) is 0. The maximum atomic E-state index is 12.5. The van der Waals surface area contributed by atoms with E-state index in [9.17, 15) is 19.0 Å². The smallest absolute Gasteiger partial charge is 0.462 e. The predicted molar refractivity (Wildman–Crippen MR) is 233 cm³/mol. The van der Waals surface area contributed by atoms with E-state index >= 15 is 0 Å². The number of rotatable bonds is 38. The fraction of sp³-hybridized carbons (Fsp3) is 0.696. The Kier molecular flexibility index (Phi) is 36.3. The lowest BCUT2D eigenvalue weighted by Gasteiger charge is -2.24. The molecule has 0 spiro atoms. The van der Waals surface area contributed by atoms with Crippen molar-refractivity contribution in [3.05, 3.63) is 72.9 Å². The molecule has 0 aromatic rings. The van der Waals surface area contributed by atoms with Crippen molar-refractivity contribution in [2.24, 2.45) is 0 Å². The van der Waals surface area contributed by atoms with Gasteiger partial charge in [-0.05, 0) is 19.3 Å². The number of ether oxygens (including phenoxy) is 2. The highest BCUT2D eigenvalue weighted by Crippen LogP contribution is 2.43. The lowest BCUT2D eigenvalue weighted by Crippen LogP contribution is -2.37. The van der Waals surface area contributed by atoms with Gasteiger partial charge in [-0.15, -0.1) is 0 Å². The molecule has 0 fully saturated rings. The zero-order valence-electron chi connectivity index (χ0n) is 36.1. The van der Waals surface area contributed by atoms with E-state index in [2.05, 4.69) is 26.0 Å². The summed E-state index contributed by atoms with van der Waals surface area (Å²) in [6, 6.07) is 0. The van der Waals surface area contributed by atoms with Crippen LogP contribution in [0.15, 0.2) is 72.9 Å². The van der Waals surface area contributed by atoms with Gasteiger partial charge >= 0.3 is 19.8 Å². The van der Waals surface area contributed by atoms with Crippen LogP contribution in [0.4, 0.5) is 0 Å². The van der Waals surface area contributed by atoms with Crippen LogP contribution < -0.4 is 0 Å². The van der Waals surface area contributed by atoms with E-state index in [-0.39, 0.29) is 19.6 Å². The summed E-state index contributed by atoms with van der Waals surface area (Å²) in [6.45, 7) is 4.21. The molecule has 0 saturated heterocycles. The van der Waals surface area contributed by atoms with Crippen molar-refractivity contribution in [1.82, 2.24) is 0 Å². The van der Waals surface area contributed by atoms with Crippen LogP contribution in [0.2, 0.25) is 0 Å². The van der Waals surface area contributed by atoms with Crippen molar-refractivity contribution in [3.8, 4) is 0 Å². The molecule has 0 aromatic heterocycles. The van der Waals surface area contributed by atoms with Gasteiger partial charge in [-0.2, -0.15) is 0 Å². The lowest BCUT2D eigenvalue weighted by molar-refractivity contribution is -0.870. The van der Waals surface area contributed by atoms with Crippen molar-refractivity contribution in [2.45, 2.75) is 161 Å². The van der Waals surface area contributed by atoms with Gasteiger partial charge in [-0.3, -0.25) is 13.8 Å². The highest BCUT2D eigenvalue weighted by atomic mass is 31.2. The number of hydrogen-bond acceptors (Lipinski definition) is 7. The Morgan fingerprint density at radius 2 is 1.04 bits per heavy atom. The zero-order valence-corrected chi connectivity index (χ0v) is 37.0. The number of unbranched alkanes of at least 4 members (excludes halogenated alkanes) is 19. The normalized spacial score (nSPS) is 14.3. The van der Waals surface area contributed by atoms with Crippen molar-refractivity contribution < 1.29 is 42.1 Å². The lowest BCUT2D eigenvalue weighted by atomic mass is 10.0. The van der Waals surface area contributed by atoms with Crippen LogP contribution in [0.1, 0.15) is 155 Å². The van der Waals surface area contributed by atoms with Gasteiger partial charge in [0.05, 0.1) is 27.7 Å². The summed E-state index contributed by atoms with van der Waals surface area (Å²) in [5.74, 6) is -1.12. The summed E-state index contributed by atoms with van der Waals surface area (Å²) in [6.07, 6.45) is 47.4. The van der Waals surface area contributed by atoms with Crippen LogP contribution in [-0.2, 0) is 32.7 Å². The number of carbonyl (C=O) groups is 2. The van der Waals surface area contributed by atoms with Gasteiger partial charge < -0.3 is 18.9 Å². The number of phosphoric ester groups is 1. The van der Waals surface area contributed by atoms with Crippen LogP contribution >= 0.6 is 7.82 Å². The molecule has 2 atom stereocenters. The third-order valence-corrected chi connectivity index (χ3v) is 9.96. The van der Waals surface area contributed by atoms with E-state index in [0.29, 0.717) is 11.0 Å². The first-order valence-corrected chi connectivity index (χ1v) is 23.3. The molecule has 0 radical (unpaired) electrons. The molecular formula is C46H81NO8P+. The Bertz CT molecular complexity index is 1180. The van der Waals surface area contributed by atoms with Crippen molar-refractivity contribution >= 4 is 19.8 Å². The molecule has 10 heteroatoms. The minimum absolute atomic E-state index is 0.00258. The first-order chi connectivity index (χ1) is 27.0. The first-order valence-electron chi connectivity index (χ1n) is 21.8. The van der Waals surface area contributed by atoms with Crippen molar-refractivity contribution in [3.63, 3.8) is 0 Å². The quantitative estimate of drug-likeness (QED) is 0.0164. The number of hydrogen-bond donors (Lipinski definition) is 1. The van der Waals surface area contributed by atoms with Gasteiger partial charge in [0.25, 0.3) is 0 Å². The van der Waals surface area contributed by atoms with Crippen LogP contribution in [-0.4, -0.2) is 74.9 Å². The fourth-order valence-electron chi connectivity index (χ4n) is 5.55. The minimum atomic E-state index is -4.42. The Hall–Kier alpha value is -2.55. The number of allylic oxidation sites excluding steroid dienone is 11. The molecular weight excluding hydrogens is 725 g/mol. The maximum Gasteiger partial charge on any atom is 0.472 e. The standard InChI is InChI=1S/C46H80NO8P/c1-6-8-10-12-14-16-18-20-21-22-23-24-25-27-29-31-33-35-37-39-46(49)55-44(43-54-56(50,51)53-41-40-47(3,4)5)42-52-45(48)38-36-34-32-30-28-26-19-17-15-13-11-9-7-2/h21-25,27,29,31,33,35,37,39,44H,6-20,26,28,30,32,34,36,38,40-43H2,1-5H3/p+1/b22-21+,24-23+,27-25+,31-29+,35-33+,39-37+. The molecule has 0 heterocycles. The second-order valence-electron chi connectivity index (χ2n) is 15.6. The van der Waals surface area contributed by atoms with Crippen LogP contribution in [0.5, 0.6) is 0 Å². The molecule has 0 aromatic carbocycles. The zero-order chi connectivity index (χ0) is 41.4. The van der Waals surface area contributed by atoms with E-state index in [1.807, 2.05) is 57.6 Å². The third-order valence-electron chi connectivity index (χ3n) is 8.98. The number of esters is 2. The van der Waals surface area contributed by atoms with Crippen LogP contribution in [0.25, 0.3) is 0 Å². The molecule has 9 nitrogen and oxygen atoms in total. The van der Waals surface area contributed by atoms with Gasteiger partial charge in [-0.1, -0.05) is 196 Å². The molecule has 0 aliphatic rings. The molecule has 1 N–H and O–H groups in total. The molecule has 0 aliphatic heterocycles. The average Bonchev–Trinajstić information content (AvgIpc) is 3.15. The molecule has 322 valence electrons. The monoisotopic (exact) mass is 807 g/mol. The molecule has 0 saturated carbocycles. The van der Waals surface area contributed by atoms with Crippen molar-refractivity contribution in [2.75, 3.05) is 47.5 Å². The average molecular weight is 807 g/mol. The molecule has 56 heavy (non-hydrogen) atoms. The van der Waals surface area contributed by atoms with Crippen LogP contribution in [0.3, 0.4) is 0 Å². The van der Waals surface area contributed by atoms with Crippen LogP contribution in [0, 0.1) is 0 Å². The maximum absolute atomic E-state index is 12.5. The summed E-state index contributed by atoms with van der Waals surface area (Å²) >= 11 is 0. The number of phosphoric acid groups is 1. The Labute approximate surface area is 342 Å². The topological polar surface area (TPSA) is 108 Å². The predicted octanol–water partition coefficient (Wildman–Crippen LogP) is 12.2. The Balaban J connectivity index is 4.64. The SMILES string of the molecule is CCCCCCCCC/C=C/C=C/C=C/C=C/C=C/C=C/C(=O)OC(COC(=O)CCCCCCCCCCCCCCC)COP(=O)(O)OCC[N+](C)(C)C. The van der Waals surface area contributed by atoms with E-state index in [0.717, 1.165) is 25.7 Å². The summed E-state index contributed by atoms with van der Waals surface area (Å²) in [4.78, 5) is 35.2. The molecule has 0 aliphatic carbocycles. The van der Waals surface area contributed by atoms with Gasteiger partial charge in [0, 0.05) is 12.5 Å². The van der Waals surface area contributed by atoms with E-state index in [4.69, 9.17) is 18.5 Å². The second kappa shape index (κ2) is 38.0. The van der Waals surface area contributed by atoms with E-state index in [1.54, 1.807) is 12.2 Å². The fourth-order valence-corrected chi connectivity index (χ4v) is 6.29. The first kappa shape index (κ1) is 53.5. The summed E-state index contributed by atoms with van der Waals surface area (Å²) < 4.78 is 34.0. The number of likely N-dealkylation sites (N-methyl/N-ethyl adjacent to an activating group) is 1. The Morgan fingerprint density at radius 1 is 0.589 bits per heavy atom. The third kappa shape index (κ3) is 41.1. The number of carbonyl (C=O) groups excluding carboxylic acids is 2. The molecule has 0 bridgehead atoms. The largest absolute Gasteiger partial charge is 0.472 e. The number of nitrogens with zero attached hydrogens (tertiary/aromatic N) is 1. The summed E-state index contributed by atoms with van der Waals surface area (Å²) in [7, 11) is 1.38. The Morgan fingerprint density at radius 3 is 1.54 bits per heavy atom. The van der Waals surface area contributed by atoms with Crippen molar-refractivity contribution in [1.29, 1.82) is 0 Å². The number of quaternary nitrogens is 1. The molecule has 2 unspecified atom stereocenters.